The first-order valence-corrected chi connectivity index (χ1v) is 5.99. The average molecular weight is 237 g/mol. The molecule has 1 N–H and O–H groups in total. The third-order valence-corrected chi connectivity index (χ3v) is 3.09. The van der Waals surface area contributed by atoms with Crippen molar-refractivity contribution in [1.29, 1.82) is 0 Å². The van der Waals surface area contributed by atoms with E-state index in [4.69, 9.17) is 9.47 Å². The first-order valence-electron chi connectivity index (χ1n) is 5.99. The van der Waals surface area contributed by atoms with E-state index in [9.17, 15) is 0 Å². The van der Waals surface area contributed by atoms with E-state index in [2.05, 4.69) is 15.3 Å². The minimum absolute atomic E-state index is 0.127. The Balaban J connectivity index is 2.10. The molecule has 1 aliphatic rings. The highest BCUT2D eigenvalue weighted by molar-refractivity contribution is 5.21. The molecule has 5 nitrogen and oxygen atoms in total. The second-order valence-electron chi connectivity index (χ2n) is 4.16. The summed E-state index contributed by atoms with van der Waals surface area (Å²) in [7, 11) is 3.54. The second kappa shape index (κ2) is 5.93. The molecule has 0 radical (unpaired) electrons. The molecule has 2 rings (SSSR count). The lowest BCUT2D eigenvalue weighted by molar-refractivity contribution is 0.0946. The molecule has 1 saturated heterocycles. The number of aromatic nitrogens is 2. The molecule has 17 heavy (non-hydrogen) atoms. The monoisotopic (exact) mass is 237 g/mol. The van der Waals surface area contributed by atoms with Gasteiger partial charge in [0.25, 0.3) is 0 Å². The largest absolute Gasteiger partial charge is 0.480 e. The maximum absolute atomic E-state index is 5.65. The zero-order chi connectivity index (χ0) is 12.1. The van der Waals surface area contributed by atoms with Crippen LogP contribution in [0.15, 0.2) is 12.4 Å². The van der Waals surface area contributed by atoms with Crippen molar-refractivity contribution < 1.29 is 9.47 Å². The van der Waals surface area contributed by atoms with Gasteiger partial charge in [-0.25, -0.2) is 4.98 Å². The predicted octanol–water partition coefficient (Wildman–Crippen LogP) is 1.31. The third kappa shape index (κ3) is 2.92. The van der Waals surface area contributed by atoms with Crippen molar-refractivity contribution >= 4 is 0 Å². The van der Waals surface area contributed by atoms with Crippen molar-refractivity contribution in [2.45, 2.75) is 31.4 Å². The van der Waals surface area contributed by atoms with Gasteiger partial charge in [-0.3, -0.25) is 4.98 Å². The number of methoxy groups -OCH3 is 1. The molecule has 0 spiro atoms. The van der Waals surface area contributed by atoms with Crippen LogP contribution in [0.4, 0.5) is 0 Å². The van der Waals surface area contributed by atoms with Gasteiger partial charge >= 0.3 is 0 Å². The lowest BCUT2D eigenvalue weighted by atomic mass is 10.0. The summed E-state index contributed by atoms with van der Waals surface area (Å²) in [5.41, 5.74) is 0.855. The number of ether oxygens (including phenoxy) is 2. The summed E-state index contributed by atoms with van der Waals surface area (Å²) < 4.78 is 10.9. The Hall–Kier alpha value is -1.20. The molecule has 2 unspecified atom stereocenters. The van der Waals surface area contributed by atoms with Gasteiger partial charge in [-0.2, -0.15) is 0 Å². The number of nitrogens with one attached hydrogen (secondary N) is 1. The van der Waals surface area contributed by atoms with Crippen LogP contribution < -0.4 is 10.1 Å². The standard InChI is InChI=1S/C12H19N3O2/c1-13-10(8-9-4-3-7-17-9)11-12(16-2)15-6-5-14-11/h5-6,9-10,13H,3-4,7-8H2,1-2H3. The zero-order valence-corrected chi connectivity index (χ0v) is 10.3. The van der Waals surface area contributed by atoms with Crippen molar-refractivity contribution in [3.8, 4) is 5.88 Å². The minimum Gasteiger partial charge on any atom is -0.480 e. The van der Waals surface area contributed by atoms with Gasteiger partial charge in [-0.05, 0) is 26.3 Å². The van der Waals surface area contributed by atoms with Crippen LogP contribution in [0.5, 0.6) is 5.88 Å². The molecule has 1 aromatic heterocycles. The summed E-state index contributed by atoms with van der Waals surface area (Å²) in [6.07, 6.45) is 6.84. The summed E-state index contributed by atoms with van der Waals surface area (Å²) >= 11 is 0. The highest BCUT2D eigenvalue weighted by Gasteiger charge is 2.24. The van der Waals surface area contributed by atoms with E-state index in [0.717, 1.165) is 31.6 Å². The first kappa shape index (κ1) is 12.3. The van der Waals surface area contributed by atoms with Crippen molar-refractivity contribution in [2.75, 3.05) is 20.8 Å². The molecule has 5 heteroatoms. The molecule has 94 valence electrons. The van der Waals surface area contributed by atoms with E-state index in [0.29, 0.717) is 12.0 Å². The SMILES string of the molecule is CNC(CC1CCCO1)c1nccnc1OC. The molecule has 0 aliphatic carbocycles. The van der Waals surface area contributed by atoms with E-state index in [1.807, 2.05) is 7.05 Å². The normalized spacial score (nSPS) is 21.4. The van der Waals surface area contributed by atoms with Crippen molar-refractivity contribution in [3.05, 3.63) is 18.1 Å². The van der Waals surface area contributed by atoms with Gasteiger partial charge in [0, 0.05) is 19.0 Å². The number of nitrogens with zero attached hydrogens (tertiary/aromatic N) is 2. The van der Waals surface area contributed by atoms with Crippen LogP contribution in [0.1, 0.15) is 31.0 Å². The Morgan fingerprint density at radius 2 is 2.35 bits per heavy atom. The van der Waals surface area contributed by atoms with Gasteiger partial charge < -0.3 is 14.8 Å². The summed E-state index contributed by atoms with van der Waals surface area (Å²) in [5.74, 6) is 0.588. The molecule has 2 heterocycles. The molecule has 1 aromatic rings. The molecule has 0 amide bonds. The van der Waals surface area contributed by atoms with Gasteiger partial charge in [-0.15, -0.1) is 0 Å². The Morgan fingerprint density at radius 1 is 1.53 bits per heavy atom. The van der Waals surface area contributed by atoms with Gasteiger partial charge in [-0.1, -0.05) is 0 Å². The summed E-state index contributed by atoms with van der Waals surface area (Å²) in [6, 6.07) is 0.127. The lowest BCUT2D eigenvalue weighted by Crippen LogP contribution is -2.23. The van der Waals surface area contributed by atoms with Crippen LogP contribution in [-0.2, 0) is 4.74 Å². The molecule has 1 fully saturated rings. The van der Waals surface area contributed by atoms with Crippen LogP contribution in [0.25, 0.3) is 0 Å². The maximum Gasteiger partial charge on any atom is 0.236 e. The number of hydrogen-bond acceptors (Lipinski definition) is 5. The summed E-state index contributed by atoms with van der Waals surface area (Å²) in [4.78, 5) is 8.53. The van der Waals surface area contributed by atoms with Crippen LogP contribution in [0.3, 0.4) is 0 Å². The first-order chi connectivity index (χ1) is 8.35. The Kier molecular flexibility index (Phi) is 4.28. The van der Waals surface area contributed by atoms with Crippen molar-refractivity contribution in [1.82, 2.24) is 15.3 Å². The summed E-state index contributed by atoms with van der Waals surface area (Å²) in [5, 5.41) is 3.26. The smallest absolute Gasteiger partial charge is 0.236 e. The molecule has 0 saturated carbocycles. The van der Waals surface area contributed by atoms with Gasteiger partial charge in [0.1, 0.15) is 5.69 Å². The van der Waals surface area contributed by atoms with Crippen LogP contribution in [0.2, 0.25) is 0 Å². The van der Waals surface area contributed by atoms with E-state index in [1.54, 1.807) is 19.5 Å². The number of hydrogen-bond donors (Lipinski definition) is 1. The number of rotatable bonds is 5. The summed E-state index contributed by atoms with van der Waals surface area (Å²) in [6.45, 7) is 0.874. The third-order valence-electron chi connectivity index (χ3n) is 3.09. The fraction of sp³-hybridized carbons (Fsp3) is 0.667. The van der Waals surface area contributed by atoms with Gasteiger partial charge in [0.2, 0.25) is 5.88 Å². The van der Waals surface area contributed by atoms with Crippen molar-refractivity contribution in [3.63, 3.8) is 0 Å². The molecule has 0 bridgehead atoms. The lowest BCUT2D eigenvalue weighted by Gasteiger charge is -2.20. The molecule has 2 atom stereocenters. The zero-order valence-electron chi connectivity index (χ0n) is 10.3. The van der Waals surface area contributed by atoms with Crippen LogP contribution in [0, 0.1) is 0 Å². The van der Waals surface area contributed by atoms with E-state index in [-0.39, 0.29) is 6.04 Å². The molecular weight excluding hydrogens is 218 g/mol. The highest BCUT2D eigenvalue weighted by Crippen LogP contribution is 2.27. The van der Waals surface area contributed by atoms with E-state index < -0.39 is 0 Å². The van der Waals surface area contributed by atoms with Gasteiger partial charge in [0.05, 0.1) is 19.3 Å². The molecule has 0 aromatic carbocycles. The van der Waals surface area contributed by atoms with Gasteiger partial charge in [0.15, 0.2) is 0 Å². The second-order valence-corrected chi connectivity index (χ2v) is 4.16. The van der Waals surface area contributed by atoms with Crippen LogP contribution in [-0.4, -0.2) is 36.8 Å². The molecule has 1 aliphatic heterocycles. The fourth-order valence-corrected chi connectivity index (χ4v) is 2.19. The average Bonchev–Trinajstić information content (AvgIpc) is 2.89. The Bertz CT molecular complexity index is 353. The quantitative estimate of drug-likeness (QED) is 0.837. The predicted molar refractivity (Wildman–Crippen MR) is 64.0 cm³/mol. The Labute approximate surface area is 102 Å². The van der Waals surface area contributed by atoms with E-state index in [1.165, 1.54) is 0 Å². The van der Waals surface area contributed by atoms with E-state index >= 15 is 0 Å². The van der Waals surface area contributed by atoms with Crippen LogP contribution >= 0.6 is 0 Å². The minimum atomic E-state index is 0.127. The maximum atomic E-state index is 5.65. The Morgan fingerprint density at radius 3 is 3.00 bits per heavy atom. The molecular formula is C12H19N3O2. The highest BCUT2D eigenvalue weighted by atomic mass is 16.5. The van der Waals surface area contributed by atoms with Crippen molar-refractivity contribution in [2.24, 2.45) is 0 Å². The fourth-order valence-electron chi connectivity index (χ4n) is 2.19. The topological polar surface area (TPSA) is 56.3 Å².